The number of hydrogen-bond acceptors (Lipinski definition) is 4. The molecule has 4 rings (SSSR count). The van der Waals surface area contributed by atoms with Gasteiger partial charge in [0.2, 0.25) is 0 Å². The molecule has 6 nitrogen and oxygen atoms in total. The maximum Gasteiger partial charge on any atom is 0.140 e. The van der Waals surface area contributed by atoms with E-state index in [0.717, 1.165) is 41.2 Å². The molecule has 1 saturated heterocycles. The van der Waals surface area contributed by atoms with E-state index in [-0.39, 0.29) is 0 Å². The number of anilines is 1. The standard InChI is InChI=1S/C17H22N6/c1-11-8-20-16(22-11)13-9-21-17-15(13)14(5-6-19-17)23-7-3-4-12(10-23)18-2/h5-6,8-9,12,18H,3-4,7,10H2,1-2H3,(H,19,21)(H,20,22). The van der Waals surface area contributed by atoms with Crippen LogP contribution >= 0.6 is 0 Å². The van der Waals surface area contributed by atoms with Gasteiger partial charge in [0.1, 0.15) is 11.5 Å². The fourth-order valence-corrected chi connectivity index (χ4v) is 3.47. The molecular formula is C17H22N6. The largest absolute Gasteiger partial charge is 0.369 e. The number of pyridine rings is 1. The maximum absolute atomic E-state index is 4.49. The van der Waals surface area contributed by atoms with E-state index in [1.54, 1.807) is 0 Å². The zero-order valence-corrected chi connectivity index (χ0v) is 13.6. The van der Waals surface area contributed by atoms with Gasteiger partial charge in [-0.3, -0.25) is 0 Å². The number of aromatic nitrogens is 4. The van der Waals surface area contributed by atoms with Gasteiger partial charge in [-0.1, -0.05) is 0 Å². The number of aryl methyl sites for hydroxylation is 1. The summed E-state index contributed by atoms with van der Waals surface area (Å²) in [5.41, 5.74) is 4.30. The third-order valence-corrected chi connectivity index (χ3v) is 4.68. The second-order valence-electron chi connectivity index (χ2n) is 6.24. The van der Waals surface area contributed by atoms with Crippen LogP contribution in [-0.4, -0.2) is 46.1 Å². The SMILES string of the molecule is CNC1CCCN(c2ccnc3[nH]cc(-c4ncc(C)[nH]4)c23)C1. The Hall–Kier alpha value is -2.34. The van der Waals surface area contributed by atoms with Crippen LogP contribution in [0.2, 0.25) is 0 Å². The van der Waals surface area contributed by atoms with Crippen molar-refractivity contribution in [3.63, 3.8) is 0 Å². The number of fused-ring (bicyclic) bond motifs is 1. The number of H-pyrrole nitrogens is 2. The Bertz CT molecular complexity index is 817. The van der Waals surface area contributed by atoms with Gasteiger partial charge in [0.25, 0.3) is 0 Å². The average Bonchev–Trinajstić information content (AvgIpc) is 3.20. The summed E-state index contributed by atoms with van der Waals surface area (Å²) in [6, 6.07) is 2.66. The van der Waals surface area contributed by atoms with E-state index in [9.17, 15) is 0 Å². The van der Waals surface area contributed by atoms with Crippen LogP contribution in [0.25, 0.3) is 22.4 Å². The monoisotopic (exact) mass is 310 g/mol. The van der Waals surface area contributed by atoms with Crippen LogP contribution in [0.3, 0.4) is 0 Å². The zero-order valence-electron chi connectivity index (χ0n) is 13.6. The van der Waals surface area contributed by atoms with Crippen LogP contribution in [0.4, 0.5) is 5.69 Å². The van der Waals surface area contributed by atoms with Gasteiger partial charge >= 0.3 is 0 Å². The molecule has 6 heteroatoms. The van der Waals surface area contributed by atoms with E-state index in [0.29, 0.717) is 6.04 Å². The van der Waals surface area contributed by atoms with Crippen LogP contribution < -0.4 is 10.2 Å². The molecular weight excluding hydrogens is 288 g/mol. The lowest BCUT2D eigenvalue weighted by Crippen LogP contribution is -2.44. The molecule has 1 aliphatic rings. The first-order valence-corrected chi connectivity index (χ1v) is 8.16. The molecule has 1 atom stereocenters. The fourth-order valence-electron chi connectivity index (χ4n) is 3.47. The molecule has 0 amide bonds. The molecule has 1 fully saturated rings. The summed E-state index contributed by atoms with van der Waals surface area (Å²) in [5.74, 6) is 0.894. The number of rotatable bonds is 3. The van der Waals surface area contributed by atoms with E-state index >= 15 is 0 Å². The third kappa shape index (κ3) is 2.49. The van der Waals surface area contributed by atoms with Gasteiger partial charge in [-0.15, -0.1) is 0 Å². The molecule has 23 heavy (non-hydrogen) atoms. The summed E-state index contributed by atoms with van der Waals surface area (Å²) in [6.45, 7) is 4.13. The summed E-state index contributed by atoms with van der Waals surface area (Å²) in [4.78, 5) is 18.1. The molecule has 120 valence electrons. The number of nitrogens with zero attached hydrogens (tertiary/aromatic N) is 3. The molecule has 0 spiro atoms. The topological polar surface area (TPSA) is 72.6 Å². The minimum absolute atomic E-state index is 0.542. The highest BCUT2D eigenvalue weighted by atomic mass is 15.2. The second-order valence-corrected chi connectivity index (χ2v) is 6.24. The number of nitrogens with one attached hydrogen (secondary N) is 3. The Morgan fingerprint density at radius 1 is 1.35 bits per heavy atom. The van der Waals surface area contributed by atoms with Crippen LogP contribution in [-0.2, 0) is 0 Å². The molecule has 3 N–H and O–H groups in total. The minimum Gasteiger partial charge on any atom is -0.369 e. The van der Waals surface area contributed by atoms with Gasteiger partial charge in [-0.05, 0) is 32.9 Å². The first-order chi connectivity index (χ1) is 11.3. The lowest BCUT2D eigenvalue weighted by Gasteiger charge is -2.34. The fraction of sp³-hybridized carbons (Fsp3) is 0.412. The van der Waals surface area contributed by atoms with E-state index in [4.69, 9.17) is 0 Å². The Morgan fingerprint density at radius 3 is 3.04 bits per heavy atom. The van der Waals surface area contributed by atoms with Crippen LogP contribution in [0.15, 0.2) is 24.7 Å². The number of likely N-dealkylation sites (N-methyl/N-ethyl adjacent to an activating group) is 1. The Labute approximate surface area is 135 Å². The van der Waals surface area contributed by atoms with Crippen LogP contribution in [0.5, 0.6) is 0 Å². The van der Waals surface area contributed by atoms with E-state index in [1.165, 1.54) is 18.5 Å². The minimum atomic E-state index is 0.542. The number of piperidine rings is 1. The van der Waals surface area contributed by atoms with Gasteiger partial charge in [-0.25, -0.2) is 9.97 Å². The van der Waals surface area contributed by atoms with Gasteiger partial charge in [-0.2, -0.15) is 0 Å². The lowest BCUT2D eigenvalue weighted by molar-refractivity contribution is 0.450. The van der Waals surface area contributed by atoms with Crippen molar-refractivity contribution in [2.24, 2.45) is 0 Å². The summed E-state index contributed by atoms with van der Waals surface area (Å²) < 4.78 is 0. The second kappa shape index (κ2) is 5.70. The number of imidazole rings is 1. The first-order valence-electron chi connectivity index (χ1n) is 8.16. The molecule has 4 heterocycles. The normalized spacial score (nSPS) is 18.7. The van der Waals surface area contributed by atoms with E-state index < -0.39 is 0 Å². The van der Waals surface area contributed by atoms with Crippen molar-refractivity contribution in [2.45, 2.75) is 25.8 Å². The van der Waals surface area contributed by atoms with Gasteiger partial charge < -0.3 is 20.2 Å². The molecule has 0 aromatic carbocycles. The Morgan fingerprint density at radius 2 is 2.26 bits per heavy atom. The summed E-state index contributed by atoms with van der Waals surface area (Å²) >= 11 is 0. The molecule has 1 unspecified atom stereocenters. The summed E-state index contributed by atoms with van der Waals surface area (Å²) in [7, 11) is 2.05. The Balaban J connectivity index is 1.82. The molecule has 0 aliphatic carbocycles. The van der Waals surface area contributed by atoms with Crippen LogP contribution in [0, 0.1) is 6.92 Å². The number of hydrogen-bond donors (Lipinski definition) is 3. The highest BCUT2D eigenvalue weighted by molar-refractivity contribution is 6.01. The smallest absolute Gasteiger partial charge is 0.140 e. The van der Waals surface area contributed by atoms with Crippen molar-refractivity contribution in [3.8, 4) is 11.4 Å². The van der Waals surface area contributed by atoms with Crippen molar-refractivity contribution in [1.29, 1.82) is 0 Å². The molecule has 3 aromatic rings. The first kappa shape index (κ1) is 14.3. The number of aromatic amines is 2. The van der Waals surface area contributed by atoms with Gasteiger partial charge in [0.15, 0.2) is 0 Å². The van der Waals surface area contributed by atoms with E-state index in [1.807, 2.05) is 32.6 Å². The quantitative estimate of drug-likeness (QED) is 0.695. The van der Waals surface area contributed by atoms with Gasteiger partial charge in [0.05, 0.1) is 11.1 Å². The molecule has 0 bridgehead atoms. The highest BCUT2D eigenvalue weighted by Crippen LogP contribution is 2.34. The van der Waals surface area contributed by atoms with Crippen molar-refractivity contribution in [1.82, 2.24) is 25.3 Å². The highest BCUT2D eigenvalue weighted by Gasteiger charge is 2.22. The molecule has 1 aliphatic heterocycles. The van der Waals surface area contributed by atoms with Crippen LogP contribution in [0.1, 0.15) is 18.5 Å². The summed E-state index contributed by atoms with van der Waals surface area (Å²) in [6.07, 6.45) is 8.18. The van der Waals surface area contributed by atoms with E-state index in [2.05, 4.69) is 36.2 Å². The van der Waals surface area contributed by atoms with Crippen molar-refractivity contribution in [3.05, 3.63) is 30.4 Å². The molecule has 0 saturated carbocycles. The maximum atomic E-state index is 4.49. The third-order valence-electron chi connectivity index (χ3n) is 4.68. The predicted molar refractivity (Wildman–Crippen MR) is 92.7 cm³/mol. The molecule has 3 aromatic heterocycles. The van der Waals surface area contributed by atoms with Crippen molar-refractivity contribution in [2.75, 3.05) is 25.0 Å². The summed E-state index contributed by atoms with van der Waals surface area (Å²) in [5, 5.41) is 4.56. The average molecular weight is 310 g/mol. The Kier molecular flexibility index (Phi) is 3.53. The predicted octanol–water partition coefficient (Wildman–Crippen LogP) is 2.45. The van der Waals surface area contributed by atoms with Crippen molar-refractivity contribution < 1.29 is 0 Å². The molecule has 0 radical (unpaired) electrons. The zero-order chi connectivity index (χ0) is 15.8. The lowest BCUT2D eigenvalue weighted by atomic mass is 10.0. The van der Waals surface area contributed by atoms with Crippen molar-refractivity contribution >= 4 is 16.7 Å². The van der Waals surface area contributed by atoms with Gasteiger partial charge in [0, 0.05) is 49.0 Å².